The molecule has 0 aliphatic carbocycles. The highest BCUT2D eigenvalue weighted by Crippen LogP contribution is 2.41. The standard InChI is InChI=1S/C26H30F3N3O2/c1-30-11-10-21(13-22(30)15-27)31(2)25(34)32-16-18(23-12-20(28)8-9-24(23)29)14-26(32,17-33)19-6-4-3-5-7-19/h3-9,12,14,21-22,33H,10-11,13,15-17H2,1-2H3/t21-,22-,26+/m0/s1. The third-order valence-corrected chi connectivity index (χ3v) is 7.25. The first-order valence-electron chi connectivity index (χ1n) is 11.4. The Bertz CT molecular complexity index is 1060. The second kappa shape index (κ2) is 9.80. The molecule has 4 rings (SSSR count). The summed E-state index contributed by atoms with van der Waals surface area (Å²) in [5.74, 6) is -1.19. The maximum atomic E-state index is 14.7. The van der Waals surface area contributed by atoms with Gasteiger partial charge in [0, 0.05) is 37.8 Å². The van der Waals surface area contributed by atoms with E-state index in [1.165, 1.54) is 4.90 Å². The molecule has 2 aliphatic heterocycles. The minimum Gasteiger partial charge on any atom is -0.393 e. The van der Waals surface area contributed by atoms with Gasteiger partial charge in [0.15, 0.2) is 0 Å². The largest absolute Gasteiger partial charge is 0.393 e. The van der Waals surface area contributed by atoms with E-state index in [9.17, 15) is 23.1 Å². The molecule has 182 valence electrons. The van der Waals surface area contributed by atoms with Gasteiger partial charge in [0.05, 0.1) is 6.61 Å². The second-order valence-corrected chi connectivity index (χ2v) is 9.19. The number of hydrogen-bond donors (Lipinski definition) is 1. The highest BCUT2D eigenvalue weighted by atomic mass is 19.1. The Morgan fingerprint density at radius 3 is 2.62 bits per heavy atom. The Kier molecular flexibility index (Phi) is 7.00. The SMILES string of the molecule is CN1CC[C@H](N(C)C(=O)N2CC(c3cc(F)ccc3F)=C[C@@]2(CO)c2ccccc2)C[C@H]1CF. The van der Waals surface area contributed by atoms with Gasteiger partial charge in [0.2, 0.25) is 0 Å². The van der Waals surface area contributed by atoms with Crippen LogP contribution in [0, 0.1) is 11.6 Å². The molecule has 0 radical (unpaired) electrons. The van der Waals surface area contributed by atoms with Crippen LogP contribution in [0.5, 0.6) is 0 Å². The van der Waals surface area contributed by atoms with Gasteiger partial charge in [-0.15, -0.1) is 0 Å². The van der Waals surface area contributed by atoms with Crippen LogP contribution >= 0.6 is 0 Å². The van der Waals surface area contributed by atoms with Crippen molar-refractivity contribution in [2.24, 2.45) is 0 Å². The monoisotopic (exact) mass is 473 g/mol. The van der Waals surface area contributed by atoms with Crippen molar-refractivity contribution in [3.8, 4) is 0 Å². The Labute approximate surface area is 198 Å². The van der Waals surface area contributed by atoms with Crippen molar-refractivity contribution in [2.75, 3.05) is 40.5 Å². The highest BCUT2D eigenvalue weighted by Gasteiger charge is 2.46. The summed E-state index contributed by atoms with van der Waals surface area (Å²) in [5.41, 5.74) is -0.104. The molecular weight excluding hydrogens is 443 g/mol. The Balaban J connectivity index is 1.72. The van der Waals surface area contributed by atoms with Gasteiger partial charge < -0.3 is 19.8 Å². The summed E-state index contributed by atoms with van der Waals surface area (Å²) < 4.78 is 42.1. The Hall–Kier alpha value is -2.84. The van der Waals surface area contributed by atoms with Crippen LogP contribution in [0.3, 0.4) is 0 Å². The van der Waals surface area contributed by atoms with E-state index in [0.29, 0.717) is 30.5 Å². The molecule has 5 nitrogen and oxygen atoms in total. The number of halogens is 3. The van der Waals surface area contributed by atoms with Gasteiger partial charge in [0.1, 0.15) is 23.8 Å². The van der Waals surface area contributed by atoms with E-state index in [0.717, 1.165) is 18.2 Å². The first kappa shape index (κ1) is 24.3. The van der Waals surface area contributed by atoms with Crippen LogP contribution < -0.4 is 0 Å². The number of benzene rings is 2. The van der Waals surface area contributed by atoms with Crippen molar-refractivity contribution in [1.82, 2.24) is 14.7 Å². The molecular formula is C26H30F3N3O2. The number of likely N-dealkylation sites (tertiary alicyclic amines) is 1. The number of carbonyl (C=O) groups excluding carboxylic acids is 1. The molecule has 1 fully saturated rings. The topological polar surface area (TPSA) is 47.0 Å². The van der Waals surface area contributed by atoms with E-state index in [-0.39, 0.29) is 30.2 Å². The van der Waals surface area contributed by atoms with Gasteiger partial charge in [-0.3, -0.25) is 0 Å². The third kappa shape index (κ3) is 4.32. The molecule has 1 N–H and O–H groups in total. The molecule has 2 aliphatic rings. The molecule has 1 saturated heterocycles. The fourth-order valence-corrected chi connectivity index (χ4v) is 5.08. The van der Waals surface area contributed by atoms with E-state index in [1.54, 1.807) is 42.3 Å². The first-order chi connectivity index (χ1) is 16.3. The lowest BCUT2D eigenvalue weighted by molar-refractivity contribution is 0.0562. The number of carbonyl (C=O) groups is 1. The first-order valence-corrected chi connectivity index (χ1v) is 11.4. The highest BCUT2D eigenvalue weighted by molar-refractivity contribution is 5.83. The summed E-state index contributed by atoms with van der Waals surface area (Å²) in [4.78, 5) is 18.9. The summed E-state index contributed by atoms with van der Waals surface area (Å²) in [5, 5.41) is 10.6. The quantitative estimate of drug-likeness (QED) is 0.713. The average Bonchev–Trinajstić information content (AvgIpc) is 3.26. The molecule has 0 saturated carbocycles. The molecule has 2 heterocycles. The Morgan fingerprint density at radius 2 is 1.94 bits per heavy atom. The number of nitrogens with zero attached hydrogens (tertiary/aromatic N) is 3. The predicted molar refractivity (Wildman–Crippen MR) is 125 cm³/mol. The number of amides is 2. The number of piperidine rings is 1. The smallest absolute Gasteiger partial charge is 0.321 e. The van der Waals surface area contributed by atoms with Crippen molar-refractivity contribution in [2.45, 2.75) is 30.5 Å². The second-order valence-electron chi connectivity index (χ2n) is 9.19. The maximum Gasteiger partial charge on any atom is 0.321 e. The summed E-state index contributed by atoms with van der Waals surface area (Å²) in [6.45, 7) is -0.262. The molecule has 2 aromatic rings. The number of alkyl halides is 1. The molecule has 34 heavy (non-hydrogen) atoms. The lowest BCUT2D eigenvalue weighted by Gasteiger charge is -2.44. The summed E-state index contributed by atoms with van der Waals surface area (Å²) in [6.07, 6.45) is 2.85. The van der Waals surface area contributed by atoms with Crippen LogP contribution in [-0.4, -0.2) is 78.4 Å². The van der Waals surface area contributed by atoms with Crippen molar-refractivity contribution < 1.29 is 23.1 Å². The lowest BCUT2D eigenvalue weighted by Crippen LogP contribution is -2.56. The molecule has 0 unspecified atom stereocenters. The molecule has 2 aromatic carbocycles. The molecule has 2 amide bonds. The van der Waals surface area contributed by atoms with Gasteiger partial charge in [-0.2, -0.15) is 0 Å². The van der Waals surface area contributed by atoms with Crippen LogP contribution in [0.15, 0.2) is 54.6 Å². The third-order valence-electron chi connectivity index (χ3n) is 7.25. The molecule has 0 bridgehead atoms. The zero-order valence-electron chi connectivity index (χ0n) is 19.4. The van der Waals surface area contributed by atoms with E-state index < -0.39 is 30.5 Å². The number of aliphatic hydroxyl groups is 1. The van der Waals surface area contributed by atoms with E-state index in [1.807, 2.05) is 18.0 Å². The summed E-state index contributed by atoms with van der Waals surface area (Å²) in [7, 11) is 3.56. The van der Waals surface area contributed by atoms with Crippen LogP contribution in [0.2, 0.25) is 0 Å². The van der Waals surface area contributed by atoms with E-state index in [2.05, 4.69) is 0 Å². The summed E-state index contributed by atoms with van der Waals surface area (Å²) in [6, 6.07) is 11.4. The van der Waals surface area contributed by atoms with Crippen molar-refractivity contribution in [3.05, 3.63) is 77.4 Å². The average molecular weight is 474 g/mol. The normalized spacial score (nSPS) is 25.4. The van der Waals surface area contributed by atoms with Gasteiger partial charge >= 0.3 is 6.03 Å². The van der Waals surface area contributed by atoms with Crippen molar-refractivity contribution in [3.63, 3.8) is 0 Å². The molecule has 0 spiro atoms. The fourth-order valence-electron chi connectivity index (χ4n) is 5.08. The summed E-state index contributed by atoms with van der Waals surface area (Å²) >= 11 is 0. The molecule has 8 heteroatoms. The van der Waals surface area contributed by atoms with Crippen molar-refractivity contribution in [1.29, 1.82) is 0 Å². The van der Waals surface area contributed by atoms with Crippen LogP contribution in [-0.2, 0) is 5.54 Å². The van der Waals surface area contributed by atoms with Crippen LogP contribution in [0.1, 0.15) is 24.0 Å². The number of hydrogen-bond acceptors (Lipinski definition) is 3. The zero-order valence-corrected chi connectivity index (χ0v) is 19.4. The Morgan fingerprint density at radius 1 is 1.21 bits per heavy atom. The minimum atomic E-state index is -1.24. The number of aliphatic hydroxyl groups excluding tert-OH is 1. The van der Waals surface area contributed by atoms with Crippen LogP contribution in [0.4, 0.5) is 18.0 Å². The van der Waals surface area contributed by atoms with Gasteiger partial charge in [-0.05, 0) is 55.3 Å². The van der Waals surface area contributed by atoms with Gasteiger partial charge in [-0.1, -0.05) is 30.3 Å². The zero-order chi connectivity index (χ0) is 24.5. The van der Waals surface area contributed by atoms with Gasteiger partial charge in [-0.25, -0.2) is 18.0 Å². The van der Waals surface area contributed by atoms with E-state index in [4.69, 9.17) is 0 Å². The fraction of sp³-hybridized carbons (Fsp3) is 0.423. The lowest BCUT2D eigenvalue weighted by atomic mass is 9.89. The number of urea groups is 1. The minimum absolute atomic E-state index is 0.00182. The molecule has 3 atom stereocenters. The molecule has 0 aromatic heterocycles. The van der Waals surface area contributed by atoms with Crippen LogP contribution in [0.25, 0.3) is 5.57 Å². The maximum absolute atomic E-state index is 14.7. The van der Waals surface area contributed by atoms with Crippen molar-refractivity contribution >= 4 is 11.6 Å². The van der Waals surface area contributed by atoms with Gasteiger partial charge in [0.25, 0.3) is 0 Å². The number of rotatable bonds is 5. The van der Waals surface area contributed by atoms with E-state index >= 15 is 0 Å². The predicted octanol–water partition coefficient (Wildman–Crippen LogP) is 4.04.